The largest absolute Gasteiger partial charge is 0.394 e. The van der Waals surface area contributed by atoms with Gasteiger partial charge in [0.05, 0.1) is 13.2 Å². The van der Waals surface area contributed by atoms with Crippen molar-refractivity contribution in [3.63, 3.8) is 0 Å². The molecular weight excluding hydrogens is 488 g/mol. The van der Waals surface area contributed by atoms with Gasteiger partial charge < -0.3 is 53.2 Å². The van der Waals surface area contributed by atoms with E-state index in [2.05, 4.69) is 20.8 Å². The summed E-state index contributed by atoms with van der Waals surface area (Å²) < 4.78 is 47.7. The van der Waals surface area contributed by atoms with Crippen LogP contribution < -0.4 is 0 Å². The molecule has 11 heteroatoms. The topological polar surface area (TPSA) is 135 Å². The lowest BCUT2D eigenvalue weighted by Crippen LogP contribution is -2.66. The molecule has 2 aliphatic heterocycles. The first-order chi connectivity index (χ1) is 18.0. The molecule has 0 spiro atoms. The second kappa shape index (κ2) is 18.0. The zero-order valence-corrected chi connectivity index (χ0v) is 23.2. The van der Waals surface area contributed by atoms with Crippen molar-refractivity contribution in [2.45, 2.75) is 121 Å². The Kier molecular flexibility index (Phi) is 16.0. The molecule has 0 radical (unpaired) electrons. The van der Waals surface area contributed by atoms with Crippen LogP contribution in [0.4, 0.5) is 0 Å². The van der Waals surface area contributed by atoms with E-state index in [0.29, 0.717) is 19.8 Å². The van der Waals surface area contributed by atoms with Gasteiger partial charge in [-0.1, -0.05) is 40.0 Å². The Labute approximate surface area is 221 Å². The predicted molar refractivity (Wildman–Crippen MR) is 134 cm³/mol. The molecule has 2 fully saturated rings. The molecule has 4 unspecified atom stereocenters. The average Bonchev–Trinajstić information content (AvgIpc) is 2.90. The molecule has 10 atom stereocenters. The quantitative estimate of drug-likeness (QED) is 0.219. The van der Waals surface area contributed by atoms with Crippen LogP contribution in [0.3, 0.4) is 0 Å². The van der Waals surface area contributed by atoms with Gasteiger partial charge in [-0.3, -0.25) is 0 Å². The van der Waals surface area contributed by atoms with Gasteiger partial charge in [-0.2, -0.15) is 0 Å². The van der Waals surface area contributed by atoms with E-state index in [4.69, 9.17) is 37.9 Å². The maximum Gasteiger partial charge on any atom is 0.187 e. The lowest BCUT2D eigenvalue weighted by Gasteiger charge is -2.48. The molecule has 2 heterocycles. The minimum absolute atomic E-state index is 0.168. The van der Waals surface area contributed by atoms with Crippen LogP contribution in [-0.2, 0) is 37.9 Å². The molecule has 220 valence electrons. The highest BCUT2D eigenvalue weighted by Gasteiger charge is 2.52. The maximum absolute atomic E-state index is 10.9. The number of methoxy groups -OCH3 is 2. The minimum atomic E-state index is -1.23. The van der Waals surface area contributed by atoms with E-state index >= 15 is 0 Å². The first-order valence-electron chi connectivity index (χ1n) is 13.8. The Balaban J connectivity index is 2.34. The Morgan fingerprint density at radius 2 is 1.27 bits per heavy atom. The fraction of sp³-hybridized carbons (Fsp3) is 1.00. The number of ether oxygens (including phenoxy) is 8. The molecule has 11 nitrogen and oxygen atoms in total. The fourth-order valence-electron chi connectivity index (χ4n) is 4.56. The summed E-state index contributed by atoms with van der Waals surface area (Å²) in [5.74, 6) is 0. The summed E-state index contributed by atoms with van der Waals surface area (Å²) in [6.45, 7) is 7.37. The molecule has 2 aliphatic rings. The molecular formula is C26H50O11. The molecule has 0 aromatic heterocycles. The van der Waals surface area contributed by atoms with Crippen LogP contribution in [0.15, 0.2) is 0 Å². The molecule has 0 aliphatic carbocycles. The molecule has 0 bridgehead atoms. The van der Waals surface area contributed by atoms with Gasteiger partial charge in [0.15, 0.2) is 12.6 Å². The number of aliphatic hydroxyl groups is 3. The average molecular weight is 539 g/mol. The predicted octanol–water partition coefficient (Wildman–Crippen LogP) is 1.38. The summed E-state index contributed by atoms with van der Waals surface area (Å²) in [5, 5.41) is 31.3. The van der Waals surface area contributed by atoms with Gasteiger partial charge in [0, 0.05) is 34.0 Å². The molecule has 0 amide bonds. The van der Waals surface area contributed by atoms with E-state index in [1.165, 1.54) is 14.2 Å². The molecule has 2 saturated heterocycles. The van der Waals surface area contributed by atoms with Crippen LogP contribution in [0.1, 0.15) is 59.3 Å². The lowest BCUT2D eigenvalue weighted by atomic mass is 9.96. The normalized spacial score (nSPS) is 36.6. The van der Waals surface area contributed by atoms with Crippen molar-refractivity contribution in [2.24, 2.45) is 0 Å². The Bertz CT molecular complexity index is 583. The first-order valence-corrected chi connectivity index (χ1v) is 13.8. The zero-order chi connectivity index (χ0) is 27.2. The Hall–Kier alpha value is -0.440. The molecule has 37 heavy (non-hydrogen) atoms. The SMILES string of the molecule is CCCCOCC1O[C@H](O)C(OCCCC)[C@@H](OCCCC)[C@@H]1O[C@@H]1OC(CO)[C@@H](O)C(OC)[C@@H]1OC. The third-order valence-corrected chi connectivity index (χ3v) is 6.78. The van der Waals surface area contributed by atoms with Crippen molar-refractivity contribution in [2.75, 3.05) is 47.3 Å². The summed E-state index contributed by atoms with van der Waals surface area (Å²) in [4.78, 5) is 0. The first kappa shape index (κ1) is 32.8. The van der Waals surface area contributed by atoms with E-state index in [0.717, 1.165) is 38.5 Å². The highest BCUT2D eigenvalue weighted by molar-refractivity contribution is 4.96. The highest BCUT2D eigenvalue weighted by Crippen LogP contribution is 2.33. The second-order valence-corrected chi connectivity index (χ2v) is 9.59. The van der Waals surface area contributed by atoms with Crippen molar-refractivity contribution in [1.29, 1.82) is 0 Å². The summed E-state index contributed by atoms with van der Waals surface area (Å²) >= 11 is 0. The van der Waals surface area contributed by atoms with Crippen molar-refractivity contribution in [3.05, 3.63) is 0 Å². The van der Waals surface area contributed by atoms with E-state index < -0.39 is 68.0 Å². The van der Waals surface area contributed by atoms with Gasteiger partial charge in [-0.15, -0.1) is 0 Å². The smallest absolute Gasteiger partial charge is 0.187 e. The summed E-state index contributed by atoms with van der Waals surface area (Å²) in [6, 6.07) is 0. The molecule has 0 saturated carbocycles. The number of unbranched alkanes of at least 4 members (excludes halogenated alkanes) is 3. The Morgan fingerprint density at radius 1 is 0.676 bits per heavy atom. The molecule has 0 aromatic carbocycles. The van der Waals surface area contributed by atoms with E-state index in [-0.39, 0.29) is 6.61 Å². The summed E-state index contributed by atoms with van der Waals surface area (Å²) in [7, 11) is 2.93. The molecule has 3 N–H and O–H groups in total. The van der Waals surface area contributed by atoms with Gasteiger partial charge in [0.1, 0.15) is 48.8 Å². The van der Waals surface area contributed by atoms with Crippen LogP contribution in [0.2, 0.25) is 0 Å². The highest BCUT2D eigenvalue weighted by atomic mass is 16.7. The van der Waals surface area contributed by atoms with Crippen molar-refractivity contribution >= 4 is 0 Å². The van der Waals surface area contributed by atoms with Crippen LogP contribution in [0, 0.1) is 0 Å². The monoisotopic (exact) mass is 538 g/mol. The zero-order valence-electron chi connectivity index (χ0n) is 23.2. The summed E-state index contributed by atoms with van der Waals surface area (Å²) in [5.41, 5.74) is 0. The van der Waals surface area contributed by atoms with Gasteiger partial charge in [-0.05, 0) is 19.3 Å². The standard InChI is InChI=1S/C26H50O11/c1-6-9-12-32-16-18-20(37-26-24(31-5)21(30-4)19(28)17(15-27)36-26)22(33-13-10-7-2)23(25(29)35-18)34-14-11-8-3/h17-29H,6-16H2,1-5H3/t17?,18?,19-,20-,21?,22+,23?,24+,25+,26+/m1/s1. The van der Waals surface area contributed by atoms with Crippen LogP contribution in [0.5, 0.6) is 0 Å². The van der Waals surface area contributed by atoms with E-state index in [9.17, 15) is 15.3 Å². The molecule has 0 aromatic rings. The van der Waals surface area contributed by atoms with Crippen LogP contribution in [-0.4, -0.2) is 124 Å². The minimum Gasteiger partial charge on any atom is -0.394 e. The van der Waals surface area contributed by atoms with Gasteiger partial charge >= 0.3 is 0 Å². The maximum atomic E-state index is 10.9. The van der Waals surface area contributed by atoms with E-state index in [1.807, 2.05) is 0 Å². The van der Waals surface area contributed by atoms with Crippen molar-refractivity contribution in [1.82, 2.24) is 0 Å². The van der Waals surface area contributed by atoms with Crippen molar-refractivity contribution < 1.29 is 53.2 Å². The molecule has 2 rings (SSSR count). The van der Waals surface area contributed by atoms with Gasteiger partial charge in [0.25, 0.3) is 0 Å². The van der Waals surface area contributed by atoms with E-state index in [1.54, 1.807) is 0 Å². The lowest BCUT2D eigenvalue weighted by molar-refractivity contribution is -0.365. The number of rotatable bonds is 18. The summed E-state index contributed by atoms with van der Waals surface area (Å²) in [6.07, 6.45) is -3.43. The second-order valence-electron chi connectivity index (χ2n) is 9.59. The van der Waals surface area contributed by atoms with Crippen LogP contribution >= 0.6 is 0 Å². The van der Waals surface area contributed by atoms with Gasteiger partial charge in [0.2, 0.25) is 0 Å². The number of aliphatic hydroxyl groups excluding tert-OH is 3. The third kappa shape index (κ3) is 9.32. The number of hydrogen-bond acceptors (Lipinski definition) is 11. The Morgan fingerprint density at radius 3 is 1.84 bits per heavy atom. The van der Waals surface area contributed by atoms with Crippen molar-refractivity contribution in [3.8, 4) is 0 Å². The number of hydrogen-bond donors (Lipinski definition) is 3. The van der Waals surface area contributed by atoms with Crippen LogP contribution in [0.25, 0.3) is 0 Å². The fourth-order valence-corrected chi connectivity index (χ4v) is 4.56. The third-order valence-electron chi connectivity index (χ3n) is 6.78. The van der Waals surface area contributed by atoms with Gasteiger partial charge in [-0.25, -0.2) is 0 Å².